The Morgan fingerprint density at radius 2 is 2.47 bits per heavy atom. The molecule has 0 aliphatic carbocycles. The summed E-state index contributed by atoms with van der Waals surface area (Å²) in [6.07, 6.45) is 2.85. The Kier molecular flexibility index (Phi) is 3.78. The summed E-state index contributed by atoms with van der Waals surface area (Å²) in [5, 5.41) is 10.5. The van der Waals surface area contributed by atoms with Crippen molar-refractivity contribution in [1.82, 2.24) is 20.4 Å². The lowest BCUT2D eigenvalue weighted by Crippen LogP contribution is -2.43. The minimum atomic E-state index is 0.0995. The first-order valence-electron chi connectivity index (χ1n) is 6.12. The summed E-state index contributed by atoms with van der Waals surface area (Å²) in [4.78, 5) is 11.9. The lowest BCUT2D eigenvalue weighted by molar-refractivity contribution is -0.126. The van der Waals surface area contributed by atoms with Gasteiger partial charge in [-0.15, -0.1) is 0 Å². The molecule has 1 aliphatic heterocycles. The van der Waals surface area contributed by atoms with Crippen LogP contribution in [-0.2, 0) is 18.4 Å². The van der Waals surface area contributed by atoms with Crippen molar-refractivity contribution in [2.75, 3.05) is 13.1 Å². The first kappa shape index (κ1) is 12.1. The van der Waals surface area contributed by atoms with Gasteiger partial charge in [0.1, 0.15) is 0 Å². The Morgan fingerprint density at radius 1 is 1.65 bits per heavy atom. The molecule has 1 aliphatic rings. The molecule has 0 radical (unpaired) electrons. The lowest BCUT2D eigenvalue weighted by atomic mass is 9.91. The molecule has 0 bridgehead atoms. The van der Waals surface area contributed by atoms with E-state index in [0.29, 0.717) is 12.5 Å². The van der Waals surface area contributed by atoms with Crippen molar-refractivity contribution in [3.8, 4) is 0 Å². The molecule has 0 spiro atoms. The quantitative estimate of drug-likeness (QED) is 0.792. The third-order valence-corrected chi connectivity index (χ3v) is 3.15. The largest absolute Gasteiger partial charge is 0.350 e. The fraction of sp³-hybridized carbons (Fsp3) is 0.667. The number of amides is 1. The van der Waals surface area contributed by atoms with Crippen LogP contribution < -0.4 is 10.6 Å². The van der Waals surface area contributed by atoms with Gasteiger partial charge in [-0.05, 0) is 24.9 Å². The topological polar surface area (TPSA) is 59.0 Å². The molecule has 1 aromatic rings. The number of rotatable bonds is 3. The summed E-state index contributed by atoms with van der Waals surface area (Å²) in [5.41, 5.74) is 0.901. The number of nitrogens with zero attached hydrogens (tertiary/aromatic N) is 2. The van der Waals surface area contributed by atoms with Gasteiger partial charge in [0.2, 0.25) is 5.91 Å². The monoisotopic (exact) mass is 236 g/mol. The van der Waals surface area contributed by atoms with Gasteiger partial charge < -0.3 is 10.6 Å². The van der Waals surface area contributed by atoms with Crippen LogP contribution in [0, 0.1) is 11.8 Å². The summed E-state index contributed by atoms with van der Waals surface area (Å²) in [5.74, 6) is 0.812. The van der Waals surface area contributed by atoms with Crippen molar-refractivity contribution >= 4 is 5.91 Å². The average molecular weight is 236 g/mol. The van der Waals surface area contributed by atoms with Crippen molar-refractivity contribution in [1.29, 1.82) is 0 Å². The number of aromatic nitrogens is 2. The van der Waals surface area contributed by atoms with Gasteiger partial charge in [0, 0.05) is 19.8 Å². The van der Waals surface area contributed by atoms with Crippen molar-refractivity contribution in [2.45, 2.75) is 19.9 Å². The summed E-state index contributed by atoms with van der Waals surface area (Å²) in [7, 11) is 1.87. The van der Waals surface area contributed by atoms with Crippen LogP contribution in [0.2, 0.25) is 0 Å². The van der Waals surface area contributed by atoms with E-state index in [0.717, 1.165) is 25.2 Å². The van der Waals surface area contributed by atoms with Gasteiger partial charge in [0.25, 0.3) is 0 Å². The van der Waals surface area contributed by atoms with Gasteiger partial charge in [0.05, 0.1) is 18.2 Å². The minimum absolute atomic E-state index is 0.0995. The number of nitrogens with one attached hydrogen (secondary N) is 2. The molecule has 1 saturated heterocycles. The summed E-state index contributed by atoms with van der Waals surface area (Å²) in [6.45, 7) is 4.50. The molecule has 5 nitrogen and oxygen atoms in total. The second kappa shape index (κ2) is 5.31. The number of piperidine rings is 1. The molecular formula is C12H20N4O. The molecule has 2 heterocycles. The second-order valence-corrected chi connectivity index (χ2v) is 4.89. The molecule has 0 aromatic carbocycles. The zero-order chi connectivity index (χ0) is 12.3. The second-order valence-electron chi connectivity index (χ2n) is 4.89. The summed E-state index contributed by atoms with van der Waals surface area (Å²) in [6, 6.07) is 1.92. The van der Waals surface area contributed by atoms with Gasteiger partial charge in [0.15, 0.2) is 0 Å². The predicted octanol–water partition coefficient (Wildman–Crippen LogP) is 0.282. The van der Waals surface area contributed by atoms with Gasteiger partial charge >= 0.3 is 0 Å². The van der Waals surface area contributed by atoms with E-state index in [1.807, 2.05) is 19.3 Å². The highest BCUT2D eigenvalue weighted by molar-refractivity contribution is 5.78. The van der Waals surface area contributed by atoms with Crippen LogP contribution in [0.25, 0.3) is 0 Å². The molecule has 5 heteroatoms. The molecule has 1 fully saturated rings. The molecule has 0 saturated carbocycles. The van der Waals surface area contributed by atoms with Crippen LogP contribution in [0.1, 0.15) is 19.0 Å². The van der Waals surface area contributed by atoms with E-state index in [1.165, 1.54) is 0 Å². The highest BCUT2D eigenvalue weighted by atomic mass is 16.1. The average Bonchev–Trinajstić information content (AvgIpc) is 2.72. The van der Waals surface area contributed by atoms with Crippen LogP contribution in [-0.4, -0.2) is 28.8 Å². The molecule has 1 aromatic heterocycles. The molecule has 2 atom stereocenters. The van der Waals surface area contributed by atoms with E-state index in [1.54, 1.807) is 4.68 Å². The van der Waals surface area contributed by atoms with E-state index in [4.69, 9.17) is 0 Å². The van der Waals surface area contributed by atoms with Gasteiger partial charge in [-0.25, -0.2) is 0 Å². The fourth-order valence-corrected chi connectivity index (χ4v) is 2.24. The Morgan fingerprint density at radius 3 is 3.12 bits per heavy atom. The van der Waals surface area contributed by atoms with Gasteiger partial charge in [-0.3, -0.25) is 9.48 Å². The maximum Gasteiger partial charge on any atom is 0.224 e. The standard InChI is InChI=1S/C12H20N4O/c1-9-5-10(7-13-6-9)12(17)14-8-11-3-4-16(2)15-11/h3-4,9-10,13H,5-8H2,1-2H3,(H,14,17). The predicted molar refractivity (Wildman–Crippen MR) is 65.2 cm³/mol. The van der Waals surface area contributed by atoms with Crippen molar-refractivity contribution in [3.05, 3.63) is 18.0 Å². The highest BCUT2D eigenvalue weighted by Gasteiger charge is 2.24. The van der Waals surface area contributed by atoms with Crippen LogP contribution in [0.4, 0.5) is 0 Å². The smallest absolute Gasteiger partial charge is 0.224 e. The third-order valence-electron chi connectivity index (χ3n) is 3.15. The Balaban J connectivity index is 1.80. The molecule has 17 heavy (non-hydrogen) atoms. The first-order chi connectivity index (χ1) is 8.15. The highest BCUT2D eigenvalue weighted by Crippen LogP contribution is 2.15. The molecule has 2 unspecified atom stereocenters. The zero-order valence-corrected chi connectivity index (χ0v) is 10.4. The van der Waals surface area contributed by atoms with Crippen molar-refractivity contribution in [2.24, 2.45) is 18.9 Å². The van der Waals surface area contributed by atoms with Gasteiger partial charge in [-0.1, -0.05) is 6.92 Å². The normalized spacial score (nSPS) is 24.6. The van der Waals surface area contributed by atoms with Crippen LogP contribution in [0.3, 0.4) is 0 Å². The zero-order valence-electron chi connectivity index (χ0n) is 10.4. The fourth-order valence-electron chi connectivity index (χ4n) is 2.24. The Bertz CT molecular complexity index is 388. The van der Waals surface area contributed by atoms with E-state index >= 15 is 0 Å². The lowest BCUT2D eigenvalue weighted by Gasteiger charge is -2.26. The number of hydrogen-bond donors (Lipinski definition) is 2. The number of aryl methyl sites for hydroxylation is 1. The summed E-state index contributed by atoms with van der Waals surface area (Å²) >= 11 is 0. The van der Waals surface area contributed by atoms with Crippen LogP contribution >= 0.6 is 0 Å². The number of carbonyl (C=O) groups excluding carboxylic acids is 1. The van der Waals surface area contributed by atoms with E-state index < -0.39 is 0 Å². The van der Waals surface area contributed by atoms with E-state index in [2.05, 4.69) is 22.7 Å². The van der Waals surface area contributed by atoms with Crippen molar-refractivity contribution in [3.63, 3.8) is 0 Å². The van der Waals surface area contributed by atoms with Crippen LogP contribution in [0.5, 0.6) is 0 Å². The SMILES string of the molecule is CC1CNCC(C(=O)NCc2ccn(C)n2)C1. The van der Waals surface area contributed by atoms with E-state index in [9.17, 15) is 4.79 Å². The summed E-state index contributed by atoms with van der Waals surface area (Å²) < 4.78 is 1.74. The minimum Gasteiger partial charge on any atom is -0.350 e. The van der Waals surface area contributed by atoms with E-state index in [-0.39, 0.29) is 11.8 Å². The third kappa shape index (κ3) is 3.30. The Labute approximate surface area is 102 Å². The molecule has 1 amide bonds. The molecule has 2 rings (SSSR count). The molecule has 2 N–H and O–H groups in total. The maximum atomic E-state index is 11.9. The number of hydrogen-bond acceptors (Lipinski definition) is 3. The van der Waals surface area contributed by atoms with Crippen molar-refractivity contribution < 1.29 is 4.79 Å². The molecular weight excluding hydrogens is 216 g/mol. The number of carbonyl (C=O) groups is 1. The maximum absolute atomic E-state index is 11.9. The first-order valence-corrected chi connectivity index (χ1v) is 6.12. The Hall–Kier alpha value is -1.36. The van der Waals surface area contributed by atoms with Gasteiger partial charge in [-0.2, -0.15) is 5.10 Å². The van der Waals surface area contributed by atoms with Crippen LogP contribution in [0.15, 0.2) is 12.3 Å². The molecule has 94 valence electrons.